The third-order valence-electron chi connectivity index (χ3n) is 5.74. The van der Waals surface area contributed by atoms with Gasteiger partial charge in [0, 0.05) is 17.2 Å². The highest BCUT2D eigenvalue weighted by Crippen LogP contribution is 2.48. The number of phenols is 1. The molecule has 0 aromatic heterocycles. The molecule has 2 atom stereocenters. The zero-order valence-corrected chi connectivity index (χ0v) is 17.4. The third-order valence-corrected chi connectivity index (χ3v) is 6.24. The lowest BCUT2D eigenvalue weighted by Crippen LogP contribution is -2.54. The minimum Gasteiger partial charge on any atom is -0.508 e. The lowest BCUT2D eigenvalue weighted by molar-refractivity contribution is 0.281. The van der Waals surface area contributed by atoms with Gasteiger partial charge in [-0.1, -0.05) is 54.7 Å². The number of aliphatic hydroxyl groups is 1. The normalized spacial score (nSPS) is 18.3. The zero-order valence-electron chi connectivity index (χ0n) is 16.5. The standard InChI is InChI=1S/C25H24FNO2S/c26-19-12-9-17(10-13-19)5-4-8-22-24(21-14-11-18(16-28)15-23(21)29)27(25(22)30)20-6-2-1-3-7-20/h1-3,6-7,9-15,22,24,28-29H,4-5,8,16H2/t22-,24-/m1/s1. The summed E-state index contributed by atoms with van der Waals surface area (Å²) in [6.45, 7) is -0.111. The van der Waals surface area contributed by atoms with Gasteiger partial charge in [-0.2, -0.15) is 0 Å². The Bertz CT molecular complexity index is 1020. The monoisotopic (exact) mass is 421 g/mol. The number of nitrogens with zero attached hydrogens (tertiary/aromatic N) is 1. The van der Waals surface area contributed by atoms with E-state index in [0.29, 0.717) is 5.56 Å². The van der Waals surface area contributed by atoms with Gasteiger partial charge >= 0.3 is 0 Å². The predicted octanol–water partition coefficient (Wildman–Crippen LogP) is 5.55. The average molecular weight is 422 g/mol. The number of anilines is 1. The van der Waals surface area contributed by atoms with Crippen molar-refractivity contribution >= 4 is 22.9 Å². The van der Waals surface area contributed by atoms with Crippen LogP contribution in [0.3, 0.4) is 0 Å². The second-order valence-electron chi connectivity index (χ2n) is 7.67. The van der Waals surface area contributed by atoms with E-state index in [0.717, 1.165) is 41.1 Å². The Morgan fingerprint density at radius 1 is 0.933 bits per heavy atom. The molecule has 3 nitrogen and oxygen atoms in total. The van der Waals surface area contributed by atoms with Crippen molar-refractivity contribution in [2.75, 3.05) is 4.90 Å². The smallest absolute Gasteiger partial charge is 0.123 e. The number of phenolic OH excluding ortho intramolecular Hbond substituents is 1. The van der Waals surface area contributed by atoms with E-state index >= 15 is 0 Å². The van der Waals surface area contributed by atoms with Gasteiger partial charge in [0.05, 0.1) is 17.6 Å². The Morgan fingerprint density at radius 2 is 1.63 bits per heavy atom. The van der Waals surface area contributed by atoms with E-state index in [-0.39, 0.29) is 30.1 Å². The van der Waals surface area contributed by atoms with E-state index in [1.807, 2.05) is 54.6 Å². The predicted molar refractivity (Wildman–Crippen MR) is 121 cm³/mol. The van der Waals surface area contributed by atoms with Crippen LogP contribution in [0.15, 0.2) is 72.8 Å². The fourth-order valence-corrected chi connectivity index (χ4v) is 4.64. The molecule has 154 valence electrons. The molecular formula is C25H24FNO2S. The van der Waals surface area contributed by atoms with Crippen molar-refractivity contribution in [2.24, 2.45) is 5.92 Å². The molecule has 0 unspecified atom stereocenters. The fraction of sp³-hybridized carbons (Fsp3) is 0.240. The van der Waals surface area contributed by atoms with Crippen molar-refractivity contribution in [3.05, 3.63) is 95.3 Å². The highest BCUT2D eigenvalue weighted by Gasteiger charge is 2.45. The maximum Gasteiger partial charge on any atom is 0.123 e. The number of para-hydroxylation sites is 1. The molecule has 30 heavy (non-hydrogen) atoms. The van der Waals surface area contributed by atoms with Crippen LogP contribution in [0, 0.1) is 11.7 Å². The molecule has 1 aliphatic heterocycles. The summed E-state index contributed by atoms with van der Waals surface area (Å²) < 4.78 is 13.1. The van der Waals surface area contributed by atoms with Gasteiger partial charge in [0.15, 0.2) is 0 Å². The number of hydrogen-bond acceptors (Lipinski definition) is 3. The summed E-state index contributed by atoms with van der Waals surface area (Å²) in [5.41, 5.74) is 3.61. The van der Waals surface area contributed by atoms with E-state index in [2.05, 4.69) is 4.90 Å². The lowest BCUT2D eigenvalue weighted by Gasteiger charge is -2.50. The van der Waals surface area contributed by atoms with Crippen LogP contribution in [-0.2, 0) is 13.0 Å². The first-order valence-corrected chi connectivity index (χ1v) is 10.5. The van der Waals surface area contributed by atoms with E-state index < -0.39 is 0 Å². The van der Waals surface area contributed by atoms with Crippen molar-refractivity contribution in [2.45, 2.75) is 31.9 Å². The number of thiocarbonyl (C=S) groups is 1. The van der Waals surface area contributed by atoms with Gasteiger partial charge in [0.1, 0.15) is 11.6 Å². The Kier molecular flexibility index (Phi) is 6.11. The molecule has 0 amide bonds. The molecule has 0 spiro atoms. The van der Waals surface area contributed by atoms with E-state index in [4.69, 9.17) is 12.2 Å². The lowest BCUT2D eigenvalue weighted by atomic mass is 9.78. The fourth-order valence-electron chi connectivity index (χ4n) is 4.18. The second-order valence-corrected chi connectivity index (χ2v) is 8.08. The number of halogens is 1. The maximum atomic E-state index is 13.1. The Labute approximate surface area is 181 Å². The quantitative estimate of drug-likeness (QED) is 0.491. The highest BCUT2D eigenvalue weighted by atomic mass is 32.1. The molecule has 1 heterocycles. The summed E-state index contributed by atoms with van der Waals surface area (Å²) in [5.74, 6) is 0.0873. The highest BCUT2D eigenvalue weighted by molar-refractivity contribution is 7.80. The van der Waals surface area contributed by atoms with Crippen LogP contribution in [0.2, 0.25) is 0 Å². The first-order chi connectivity index (χ1) is 14.6. The summed E-state index contributed by atoms with van der Waals surface area (Å²) in [6.07, 6.45) is 2.66. The minimum atomic E-state index is -0.223. The molecule has 0 radical (unpaired) electrons. The van der Waals surface area contributed by atoms with Crippen LogP contribution in [-0.4, -0.2) is 15.2 Å². The van der Waals surface area contributed by atoms with Crippen LogP contribution < -0.4 is 4.90 Å². The molecule has 3 aromatic carbocycles. The average Bonchev–Trinajstić information content (AvgIpc) is 2.77. The molecular weight excluding hydrogens is 397 g/mol. The van der Waals surface area contributed by atoms with Crippen molar-refractivity contribution in [3.63, 3.8) is 0 Å². The van der Waals surface area contributed by atoms with Gasteiger partial charge in [-0.05, 0) is 60.7 Å². The van der Waals surface area contributed by atoms with Crippen LogP contribution in [0.5, 0.6) is 5.75 Å². The van der Waals surface area contributed by atoms with Crippen LogP contribution in [0.1, 0.15) is 35.6 Å². The molecule has 1 saturated heterocycles. The largest absolute Gasteiger partial charge is 0.508 e. The number of rotatable bonds is 7. The topological polar surface area (TPSA) is 43.7 Å². The third kappa shape index (κ3) is 4.09. The van der Waals surface area contributed by atoms with Gasteiger partial charge in [0.25, 0.3) is 0 Å². The zero-order chi connectivity index (χ0) is 21.1. The second kappa shape index (κ2) is 8.94. The molecule has 0 bridgehead atoms. The summed E-state index contributed by atoms with van der Waals surface area (Å²) in [4.78, 5) is 2.97. The summed E-state index contributed by atoms with van der Waals surface area (Å²) >= 11 is 5.78. The number of aliphatic hydroxyl groups excluding tert-OH is 1. The van der Waals surface area contributed by atoms with Crippen LogP contribution >= 0.6 is 12.2 Å². The maximum absolute atomic E-state index is 13.1. The number of benzene rings is 3. The molecule has 4 rings (SSSR count). The Morgan fingerprint density at radius 3 is 2.30 bits per heavy atom. The summed E-state index contributed by atoms with van der Waals surface area (Å²) in [6, 6.07) is 21.9. The molecule has 2 N–H and O–H groups in total. The molecule has 0 saturated carbocycles. The van der Waals surface area contributed by atoms with Gasteiger partial charge < -0.3 is 15.1 Å². The Balaban J connectivity index is 1.55. The van der Waals surface area contributed by atoms with Gasteiger partial charge in [-0.15, -0.1) is 0 Å². The molecule has 0 aliphatic carbocycles. The van der Waals surface area contributed by atoms with Crippen LogP contribution in [0.4, 0.5) is 10.1 Å². The first kappa shape index (κ1) is 20.5. The van der Waals surface area contributed by atoms with Crippen molar-refractivity contribution in [1.82, 2.24) is 0 Å². The number of aromatic hydroxyl groups is 1. The molecule has 1 aliphatic rings. The van der Waals surface area contributed by atoms with E-state index in [1.54, 1.807) is 6.07 Å². The number of hydrogen-bond donors (Lipinski definition) is 2. The van der Waals surface area contributed by atoms with Crippen molar-refractivity contribution in [3.8, 4) is 5.75 Å². The van der Waals surface area contributed by atoms with Crippen LogP contribution in [0.25, 0.3) is 0 Å². The van der Waals surface area contributed by atoms with Gasteiger partial charge in [0.2, 0.25) is 0 Å². The summed E-state index contributed by atoms with van der Waals surface area (Å²) in [5, 5.41) is 20.0. The Hall–Kier alpha value is -2.76. The number of aryl methyl sites for hydroxylation is 1. The van der Waals surface area contributed by atoms with E-state index in [1.165, 1.54) is 12.1 Å². The van der Waals surface area contributed by atoms with Gasteiger partial charge in [-0.25, -0.2) is 4.39 Å². The summed E-state index contributed by atoms with van der Waals surface area (Å²) in [7, 11) is 0. The molecule has 1 fully saturated rings. The molecule has 3 aromatic rings. The van der Waals surface area contributed by atoms with Crippen molar-refractivity contribution < 1.29 is 14.6 Å². The minimum absolute atomic E-state index is 0.0548. The van der Waals surface area contributed by atoms with E-state index in [9.17, 15) is 14.6 Å². The SMILES string of the molecule is OCc1ccc([C@@H]2[C@@H](CCCc3ccc(F)cc3)C(=S)N2c2ccccc2)c(O)c1. The van der Waals surface area contributed by atoms with Gasteiger partial charge in [-0.3, -0.25) is 0 Å². The first-order valence-electron chi connectivity index (χ1n) is 10.1. The van der Waals surface area contributed by atoms with Crippen molar-refractivity contribution in [1.29, 1.82) is 0 Å². The molecule has 5 heteroatoms.